The zero-order valence-electron chi connectivity index (χ0n) is 35.5. The molecule has 0 spiro atoms. The Morgan fingerprint density at radius 1 is 0.552 bits per heavy atom. The SMILES string of the molecule is CC/C=C\C/C=C\C/C=C\C/C=C\CCCCCCC(=O)OCC(COC1OC(C(=O)O)C(O)C(O)C1O)OC(=O)CCCCCCC/C=C\C/C=C\CCCCC. The molecule has 330 valence electrons. The largest absolute Gasteiger partial charge is 0.479 e. The molecule has 6 atom stereocenters. The Hall–Kier alpha value is -3.35. The molecule has 4 N–H and O–H groups in total. The average molecular weight is 817 g/mol. The third-order valence-electron chi connectivity index (χ3n) is 9.54. The number of rotatable bonds is 35. The van der Waals surface area contributed by atoms with E-state index in [1.165, 1.54) is 19.3 Å². The molecule has 0 bridgehead atoms. The smallest absolute Gasteiger partial charge is 0.335 e. The molecule has 0 aromatic heterocycles. The van der Waals surface area contributed by atoms with Crippen molar-refractivity contribution in [1.29, 1.82) is 0 Å². The molecule has 1 rings (SSSR count). The average Bonchev–Trinajstić information content (AvgIpc) is 3.21. The van der Waals surface area contributed by atoms with Crippen LogP contribution in [0.2, 0.25) is 0 Å². The van der Waals surface area contributed by atoms with Crippen molar-refractivity contribution < 1.29 is 53.8 Å². The van der Waals surface area contributed by atoms with E-state index in [1.54, 1.807) is 0 Å². The van der Waals surface area contributed by atoms with Gasteiger partial charge in [0.05, 0.1) is 6.61 Å². The number of allylic oxidation sites excluding steroid dienone is 12. The first kappa shape index (κ1) is 52.7. The van der Waals surface area contributed by atoms with Gasteiger partial charge in [-0.3, -0.25) is 9.59 Å². The van der Waals surface area contributed by atoms with Gasteiger partial charge in [-0.15, -0.1) is 0 Å². The number of esters is 2. The first-order valence-corrected chi connectivity index (χ1v) is 22.0. The fourth-order valence-corrected chi connectivity index (χ4v) is 6.07. The molecule has 11 heteroatoms. The summed E-state index contributed by atoms with van der Waals surface area (Å²) >= 11 is 0. The van der Waals surface area contributed by atoms with Crippen LogP contribution in [0.15, 0.2) is 72.9 Å². The summed E-state index contributed by atoms with van der Waals surface area (Å²) in [7, 11) is 0. The first-order valence-electron chi connectivity index (χ1n) is 22.0. The van der Waals surface area contributed by atoms with Gasteiger partial charge < -0.3 is 39.4 Å². The van der Waals surface area contributed by atoms with Gasteiger partial charge in [0, 0.05) is 12.8 Å². The molecule has 0 amide bonds. The third-order valence-corrected chi connectivity index (χ3v) is 9.54. The van der Waals surface area contributed by atoms with Gasteiger partial charge in [0.2, 0.25) is 0 Å². The molecule has 1 fully saturated rings. The molecule has 0 saturated carbocycles. The minimum absolute atomic E-state index is 0.157. The van der Waals surface area contributed by atoms with Crippen LogP contribution in [0.25, 0.3) is 0 Å². The molecule has 1 heterocycles. The molecule has 1 saturated heterocycles. The Kier molecular flexibility index (Phi) is 33.3. The van der Waals surface area contributed by atoms with Crippen molar-refractivity contribution >= 4 is 17.9 Å². The number of carboxylic acids is 1. The summed E-state index contributed by atoms with van der Waals surface area (Å²) in [6.07, 6.45) is 36.6. The highest BCUT2D eigenvalue weighted by Gasteiger charge is 2.47. The number of carbonyl (C=O) groups is 3. The maximum absolute atomic E-state index is 12.8. The van der Waals surface area contributed by atoms with Crippen molar-refractivity contribution in [3.63, 3.8) is 0 Å². The van der Waals surface area contributed by atoms with Gasteiger partial charge >= 0.3 is 17.9 Å². The lowest BCUT2D eigenvalue weighted by Crippen LogP contribution is -2.60. The second kappa shape index (κ2) is 36.7. The van der Waals surface area contributed by atoms with Crippen molar-refractivity contribution in [2.24, 2.45) is 0 Å². The Labute approximate surface area is 348 Å². The summed E-state index contributed by atoms with van der Waals surface area (Å²) < 4.78 is 21.7. The fourth-order valence-electron chi connectivity index (χ4n) is 6.07. The molecule has 6 unspecified atom stereocenters. The van der Waals surface area contributed by atoms with E-state index < -0.39 is 61.3 Å². The highest BCUT2D eigenvalue weighted by atomic mass is 16.7. The van der Waals surface area contributed by atoms with Crippen LogP contribution in [0.5, 0.6) is 0 Å². The fraction of sp³-hybridized carbons (Fsp3) is 0.681. The molecule has 0 aromatic rings. The Bertz CT molecular complexity index is 1240. The van der Waals surface area contributed by atoms with Gasteiger partial charge in [0.25, 0.3) is 0 Å². The van der Waals surface area contributed by atoms with E-state index in [0.717, 1.165) is 96.3 Å². The molecular weight excluding hydrogens is 741 g/mol. The highest BCUT2D eigenvalue weighted by molar-refractivity contribution is 5.73. The number of aliphatic hydroxyl groups excluding tert-OH is 3. The van der Waals surface area contributed by atoms with Crippen LogP contribution in [0.4, 0.5) is 0 Å². The van der Waals surface area contributed by atoms with Gasteiger partial charge in [0.1, 0.15) is 24.9 Å². The number of hydrogen-bond donors (Lipinski definition) is 4. The van der Waals surface area contributed by atoms with Crippen molar-refractivity contribution in [3.05, 3.63) is 72.9 Å². The van der Waals surface area contributed by atoms with Gasteiger partial charge in [-0.2, -0.15) is 0 Å². The van der Waals surface area contributed by atoms with Gasteiger partial charge in [0.15, 0.2) is 18.5 Å². The monoisotopic (exact) mass is 817 g/mol. The standard InChI is InChI=1S/C47H76O11/c1-3-5-7-9-11-13-15-17-19-20-22-23-25-27-29-31-33-35-40(48)55-37-39(38-56-47-44(52)42(50)43(51)45(58-47)46(53)54)57-41(49)36-34-32-30-28-26-24-21-18-16-14-12-10-8-6-4-2/h5,7,11-14,17-19,21-23,39,42-45,47,50-52H,3-4,6,8-10,15-16,20,24-38H2,1-2H3,(H,53,54)/b7-5-,13-11-,14-12-,19-17-,21-18-,23-22-. The Morgan fingerprint density at radius 2 is 1.02 bits per heavy atom. The quantitative estimate of drug-likeness (QED) is 0.0273. The van der Waals surface area contributed by atoms with Crippen LogP contribution in [0.1, 0.15) is 155 Å². The van der Waals surface area contributed by atoms with Gasteiger partial charge in [-0.05, 0) is 83.5 Å². The lowest BCUT2D eigenvalue weighted by molar-refractivity contribution is -0.298. The number of carbonyl (C=O) groups excluding carboxylic acids is 2. The van der Waals surface area contributed by atoms with E-state index in [2.05, 4.69) is 86.8 Å². The van der Waals surface area contributed by atoms with Gasteiger partial charge in [-0.1, -0.05) is 132 Å². The van der Waals surface area contributed by atoms with Gasteiger partial charge in [-0.25, -0.2) is 4.79 Å². The summed E-state index contributed by atoms with van der Waals surface area (Å²) in [4.78, 5) is 36.8. The highest BCUT2D eigenvalue weighted by Crippen LogP contribution is 2.23. The number of hydrogen-bond acceptors (Lipinski definition) is 10. The van der Waals surface area contributed by atoms with Crippen LogP contribution >= 0.6 is 0 Å². The third kappa shape index (κ3) is 28.1. The molecule has 1 aliphatic heterocycles. The van der Waals surface area contributed by atoms with E-state index in [9.17, 15) is 34.8 Å². The van der Waals surface area contributed by atoms with Crippen molar-refractivity contribution in [3.8, 4) is 0 Å². The van der Waals surface area contributed by atoms with Crippen LogP contribution in [-0.2, 0) is 33.3 Å². The molecule has 0 radical (unpaired) electrons. The summed E-state index contributed by atoms with van der Waals surface area (Å²) in [5, 5.41) is 39.8. The van der Waals surface area contributed by atoms with Crippen LogP contribution in [-0.4, -0.2) is 88.4 Å². The van der Waals surface area contributed by atoms with Crippen LogP contribution in [0.3, 0.4) is 0 Å². The minimum atomic E-state index is -1.87. The molecular formula is C47H76O11. The summed E-state index contributed by atoms with van der Waals surface area (Å²) in [5.74, 6) is -2.50. The van der Waals surface area contributed by atoms with E-state index in [-0.39, 0.29) is 19.4 Å². The number of carboxylic acid groups (broad SMARTS) is 1. The maximum atomic E-state index is 12.8. The number of aliphatic hydroxyl groups is 3. The van der Waals surface area contributed by atoms with Crippen molar-refractivity contribution in [2.75, 3.05) is 13.2 Å². The topological polar surface area (TPSA) is 169 Å². The maximum Gasteiger partial charge on any atom is 0.335 e. The summed E-state index contributed by atoms with van der Waals surface area (Å²) in [6, 6.07) is 0. The number of unbranched alkanes of at least 4 members (excludes halogenated alkanes) is 12. The normalized spacial score (nSPS) is 20.7. The molecule has 0 aromatic carbocycles. The lowest BCUT2D eigenvalue weighted by Gasteiger charge is -2.38. The lowest BCUT2D eigenvalue weighted by atomic mass is 9.99. The first-order chi connectivity index (χ1) is 28.2. The Morgan fingerprint density at radius 3 is 1.53 bits per heavy atom. The van der Waals surface area contributed by atoms with E-state index in [4.69, 9.17) is 18.9 Å². The van der Waals surface area contributed by atoms with Crippen molar-refractivity contribution in [2.45, 2.75) is 192 Å². The van der Waals surface area contributed by atoms with Crippen molar-refractivity contribution in [1.82, 2.24) is 0 Å². The zero-order chi connectivity index (χ0) is 42.5. The zero-order valence-corrected chi connectivity index (χ0v) is 35.5. The predicted molar refractivity (Wildman–Crippen MR) is 229 cm³/mol. The molecule has 11 nitrogen and oxygen atoms in total. The molecule has 0 aliphatic carbocycles. The van der Waals surface area contributed by atoms with E-state index >= 15 is 0 Å². The second-order valence-electron chi connectivity index (χ2n) is 14.8. The predicted octanol–water partition coefficient (Wildman–Crippen LogP) is 9.31. The molecule has 1 aliphatic rings. The second-order valence-corrected chi connectivity index (χ2v) is 14.8. The Balaban J connectivity index is 2.42. The van der Waals surface area contributed by atoms with Crippen LogP contribution in [0, 0.1) is 0 Å². The molecule has 58 heavy (non-hydrogen) atoms. The summed E-state index contributed by atoms with van der Waals surface area (Å²) in [6.45, 7) is 3.62. The van der Waals surface area contributed by atoms with E-state index in [1.807, 2.05) is 0 Å². The number of aliphatic carboxylic acids is 1. The van der Waals surface area contributed by atoms with E-state index in [0.29, 0.717) is 12.8 Å². The minimum Gasteiger partial charge on any atom is -0.479 e. The summed E-state index contributed by atoms with van der Waals surface area (Å²) in [5.41, 5.74) is 0. The number of ether oxygens (including phenoxy) is 4. The van der Waals surface area contributed by atoms with Crippen LogP contribution < -0.4 is 0 Å².